The number of nitrogens with zero attached hydrogens (tertiary/aromatic N) is 3. The van der Waals surface area contributed by atoms with Crippen LogP contribution in [0.3, 0.4) is 0 Å². The molecule has 100 valence electrons. The van der Waals surface area contributed by atoms with Gasteiger partial charge in [0.2, 0.25) is 0 Å². The minimum atomic E-state index is -0.661. The number of hydrogen-bond acceptors (Lipinski definition) is 4. The van der Waals surface area contributed by atoms with Crippen molar-refractivity contribution in [1.29, 1.82) is 0 Å². The molecule has 5 nitrogen and oxygen atoms in total. The number of hydrogen-bond donors (Lipinski definition) is 0. The molecule has 0 N–H and O–H groups in total. The predicted octanol–water partition coefficient (Wildman–Crippen LogP) is 3.28. The van der Waals surface area contributed by atoms with Gasteiger partial charge in [0.25, 0.3) is 5.69 Å². The van der Waals surface area contributed by atoms with Gasteiger partial charge in [-0.15, -0.1) is 0 Å². The van der Waals surface area contributed by atoms with Crippen molar-refractivity contribution in [2.75, 3.05) is 6.61 Å². The van der Waals surface area contributed by atoms with Gasteiger partial charge in [-0.2, -0.15) is 0 Å². The molecule has 1 aromatic heterocycles. The third-order valence-electron chi connectivity index (χ3n) is 2.94. The molecule has 0 radical (unpaired) electrons. The zero-order chi connectivity index (χ0) is 13.9. The summed E-state index contributed by atoms with van der Waals surface area (Å²) in [7, 11) is 0. The number of rotatable bonds is 2. The molecule has 3 rings (SSSR count). The van der Waals surface area contributed by atoms with Crippen LogP contribution in [0.4, 0.5) is 10.1 Å². The number of aromatic nitrogens is 2. The van der Waals surface area contributed by atoms with Gasteiger partial charge in [-0.25, -0.2) is 19.2 Å². The maximum atomic E-state index is 13.9. The third kappa shape index (κ3) is 2.14. The molecule has 0 fully saturated rings. The average molecular weight is 271 g/mol. The normalized spacial score (nSPS) is 13.0. The van der Waals surface area contributed by atoms with E-state index < -0.39 is 5.82 Å². The van der Waals surface area contributed by atoms with Crippen molar-refractivity contribution in [3.05, 3.63) is 47.3 Å². The van der Waals surface area contributed by atoms with Crippen LogP contribution in [0.15, 0.2) is 24.5 Å². The number of halogens is 1. The SMILES string of the molecule is [C-]#[N+]c1c(F)cc(Oc2ncccn2)c2c1OCCC2. The minimum absolute atomic E-state index is 0.0963. The first kappa shape index (κ1) is 12.4. The summed E-state index contributed by atoms with van der Waals surface area (Å²) < 4.78 is 24.9. The van der Waals surface area contributed by atoms with E-state index in [0.29, 0.717) is 24.3 Å². The molecule has 1 aliphatic heterocycles. The van der Waals surface area contributed by atoms with Crippen molar-refractivity contribution in [2.45, 2.75) is 12.8 Å². The first-order valence-electron chi connectivity index (χ1n) is 6.10. The van der Waals surface area contributed by atoms with E-state index >= 15 is 0 Å². The fourth-order valence-corrected chi connectivity index (χ4v) is 2.08. The summed E-state index contributed by atoms with van der Waals surface area (Å²) in [4.78, 5) is 11.1. The van der Waals surface area contributed by atoms with Gasteiger partial charge in [-0.3, -0.25) is 0 Å². The minimum Gasteiger partial charge on any atom is -0.504 e. The number of fused-ring (bicyclic) bond motifs is 1. The van der Waals surface area contributed by atoms with Crippen LogP contribution in [0.2, 0.25) is 0 Å². The van der Waals surface area contributed by atoms with Gasteiger partial charge in [-0.05, 0) is 18.9 Å². The maximum absolute atomic E-state index is 13.9. The highest BCUT2D eigenvalue weighted by atomic mass is 19.1. The molecular formula is C14H10FN3O2. The van der Waals surface area contributed by atoms with Crippen LogP contribution in [0.25, 0.3) is 4.85 Å². The Morgan fingerprint density at radius 3 is 2.90 bits per heavy atom. The van der Waals surface area contributed by atoms with Gasteiger partial charge in [0, 0.05) is 24.0 Å². The lowest BCUT2D eigenvalue weighted by atomic mass is 10.0. The largest absolute Gasteiger partial charge is 0.504 e. The Kier molecular flexibility index (Phi) is 3.17. The Bertz CT molecular complexity index is 683. The van der Waals surface area contributed by atoms with E-state index in [1.807, 2.05) is 0 Å². The van der Waals surface area contributed by atoms with Crippen LogP contribution < -0.4 is 9.47 Å². The van der Waals surface area contributed by atoms with Crippen molar-refractivity contribution in [3.8, 4) is 17.5 Å². The summed E-state index contributed by atoms with van der Waals surface area (Å²) in [6, 6.07) is 2.99. The van der Waals surface area contributed by atoms with E-state index in [-0.39, 0.29) is 17.4 Å². The summed E-state index contributed by atoms with van der Waals surface area (Å²) >= 11 is 0. The Morgan fingerprint density at radius 2 is 2.15 bits per heavy atom. The average Bonchev–Trinajstić information content (AvgIpc) is 2.49. The van der Waals surface area contributed by atoms with E-state index in [0.717, 1.165) is 6.42 Å². The van der Waals surface area contributed by atoms with Gasteiger partial charge < -0.3 is 9.47 Å². The first-order chi connectivity index (χ1) is 9.79. The quantitative estimate of drug-likeness (QED) is 0.786. The second kappa shape index (κ2) is 5.13. The zero-order valence-corrected chi connectivity index (χ0v) is 10.5. The van der Waals surface area contributed by atoms with Gasteiger partial charge in [0.1, 0.15) is 17.3 Å². The molecule has 1 aliphatic rings. The van der Waals surface area contributed by atoms with Crippen LogP contribution in [0.5, 0.6) is 17.5 Å². The van der Waals surface area contributed by atoms with E-state index in [9.17, 15) is 4.39 Å². The van der Waals surface area contributed by atoms with E-state index in [2.05, 4.69) is 14.8 Å². The van der Waals surface area contributed by atoms with Gasteiger partial charge in [-0.1, -0.05) is 0 Å². The van der Waals surface area contributed by atoms with Crippen LogP contribution >= 0.6 is 0 Å². The Morgan fingerprint density at radius 1 is 1.35 bits per heavy atom. The topological polar surface area (TPSA) is 48.6 Å². The second-order valence-corrected chi connectivity index (χ2v) is 4.21. The fraction of sp³-hybridized carbons (Fsp3) is 0.214. The molecule has 0 saturated heterocycles. The summed E-state index contributed by atoms with van der Waals surface area (Å²) in [6.07, 6.45) is 4.53. The highest BCUT2D eigenvalue weighted by molar-refractivity contribution is 5.66. The van der Waals surface area contributed by atoms with Crippen molar-refractivity contribution >= 4 is 5.69 Å². The smallest absolute Gasteiger partial charge is 0.321 e. The van der Waals surface area contributed by atoms with E-state index in [4.69, 9.17) is 16.0 Å². The summed E-state index contributed by atoms with van der Waals surface area (Å²) in [6.45, 7) is 7.53. The highest BCUT2D eigenvalue weighted by Crippen LogP contribution is 2.43. The molecule has 0 aliphatic carbocycles. The highest BCUT2D eigenvalue weighted by Gasteiger charge is 2.24. The van der Waals surface area contributed by atoms with Gasteiger partial charge in [0.05, 0.1) is 13.2 Å². The lowest BCUT2D eigenvalue weighted by Crippen LogP contribution is -2.10. The Hall–Kier alpha value is -2.68. The van der Waals surface area contributed by atoms with Crippen LogP contribution in [-0.4, -0.2) is 16.6 Å². The Balaban J connectivity index is 2.08. The predicted molar refractivity (Wildman–Crippen MR) is 68.6 cm³/mol. The Labute approximate surface area is 114 Å². The molecule has 1 aromatic carbocycles. The van der Waals surface area contributed by atoms with Crippen LogP contribution in [0.1, 0.15) is 12.0 Å². The standard InChI is InChI=1S/C14H10FN3O2/c1-16-12-10(15)8-11(9-4-2-7-19-13(9)12)20-14-17-5-3-6-18-14/h3,5-6,8H,2,4,7H2. The van der Waals surface area contributed by atoms with Crippen LogP contribution in [-0.2, 0) is 6.42 Å². The molecule has 0 bridgehead atoms. The summed E-state index contributed by atoms with van der Waals surface area (Å²) in [5.41, 5.74) is 0.595. The lowest BCUT2D eigenvalue weighted by Gasteiger charge is -2.21. The third-order valence-corrected chi connectivity index (χ3v) is 2.94. The molecule has 6 heteroatoms. The van der Waals surface area contributed by atoms with Crippen molar-refractivity contribution in [1.82, 2.24) is 9.97 Å². The van der Waals surface area contributed by atoms with E-state index in [1.165, 1.54) is 18.5 Å². The van der Waals surface area contributed by atoms with Crippen molar-refractivity contribution in [3.63, 3.8) is 0 Å². The first-order valence-corrected chi connectivity index (χ1v) is 6.10. The van der Waals surface area contributed by atoms with Crippen LogP contribution in [0, 0.1) is 12.4 Å². The monoisotopic (exact) mass is 271 g/mol. The van der Waals surface area contributed by atoms with Crippen molar-refractivity contribution < 1.29 is 13.9 Å². The molecule has 0 saturated carbocycles. The van der Waals surface area contributed by atoms with Gasteiger partial charge >= 0.3 is 6.01 Å². The zero-order valence-electron chi connectivity index (χ0n) is 10.5. The van der Waals surface area contributed by atoms with E-state index in [1.54, 1.807) is 6.07 Å². The molecular weight excluding hydrogens is 261 g/mol. The summed E-state index contributed by atoms with van der Waals surface area (Å²) in [5.74, 6) is -0.0837. The summed E-state index contributed by atoms with van der Waals surface area (Å²) in [5, 5.41) is 0. The molecule has 20 heavy (non-hydrogen) atoms. The molecule has 2 aromatic rings. The molecule has 0 atom stereocenters. The van der Waals surface area contributed by atoms with Crippen molar-refractivity contribution in [2.24, 2.45) is 0 Å². The second-order valence-electron chi connectivity index (χ2n) is 4.21. The molecule has 2 heterocycles. The molecule has 0 unspecified atom stereocenters. The van der Waals surface area contributed by atoms with Gasteiger partial charge in [0.15, 0.2) is 0 Å². The number of ether oxygens (including phenoxy) is 2. The molecule has 0 spiro atoms. The maximum Gasteiger partial charge on any atom is 0.321 e. The lowest BCUT2D eigenvalue weighted by molar-refractivity contribution is 0.284. The molecule has 0 amide bonds. The fourth-order valence-electron chi connectivity index (χ4n) is 2.08. The number of benzene rings is 1.